The highest BCUT2D eigenvalue weighted by Crippen LogP contribution is 2.41. The zero-order chi connectivity index (χ0) is 30.3. The number of aromatic carboxylic acids is 1. The first kappa shape index (κ1) is 28.1. The predicted octanol–water partition coefficient (Wildman–Crippen LogP) is 7.25. The molecule has 1 heterocycles. The lowest BCUT2D eigenvalue weighted by atomic mass is 9.90. The molecule has 0 fully saturated rings. The van der Waals surface area contributed by atoms with E-state index in [9.17, 15) is 22.9 Å². The Labute approximate surface area is 248 Å². The van der Waals surface area contributed by atoms with Gasteiger partial charge in [0.1, 0.15) is 21.5 Å². The van der Waals surface area contributed by atoms with Crippen molar-refractivity contribution < 1.29 is 27.3 Å². The minimum absolute atomic E-state index is 0.179. The maximum atomic E-state index is 12.2. The van der Waals surface area contributed by atoms with Crippen LogP contribution in [0.2, 0.25) is 0 Å². The van der Waals surface area contributed by atoms with Crippen LogP contribution in [0.5, 0.6) is 0 Å². The number of nitrogens with zero attached hydrogens (tertiary/aromatic N) is 1. The Morgan fingerprint density at radius 3 is 2.35 bits per heavy atom. The Kier molecular flexibility index (Phi) is 7.17. The third-order valence-corrected chi connectivity index (χ3v) is 8.39. The summed E-state index contributed by atoms with van der Waals surface area (Å²) < 4.78 is 40.8. The summed E-state index contributed by atoms with van der Waals surface area (Å²) in [5.41, 5.74) is 7.29. The number of rotatable bonds is 6. The summed E-state index contributed by atoms with van der Waals surface area (Å²) in [7, 11) is -4.58. The predicted molar refractivity (Wildman–Crippen MR) is 164 cm³/mol. The van der Waals surface area contributed by atoms with E-state index in [1.807, 2.05) is 42.5 Å². The maximum Gasteiger partial charge on any atom is 0.336 e. The molecule has 0 atom stereocenters. The number of hydrogen-bond acceptors (Lipinski definition) is 6. The fraction of sp³-hybridized carbons (Fsp3) is 0.0857. The first-order chi connectivity index (χ1) is 20.6. The van der Waals surface area contributed by atoms with Gasteiger partial charge in [-0.1, -0.05) is 54.6 Å². The van der Waals surface area contributed by atoms with Gasteiger partial charge >= 0.3 is 5.97 Å². The van der Waals surface area contributed by atoms with Gasteiger partial charge in [-0.2, -0.15) is 0 Å². The van der Waals surface area contributed by atoms with Crippen LogP contribution in [-0.2, 0) is 16.5 Å². The highest BCUT2D eigenvalue weighted by atomic mass is 32.2. The summed E-state index contributed by atoms with van der Waals surface area (Å²) in [5.74, 6) is -0.520. The average Bonchev–Trinajstić information content (AvgIpc) is 2.97. The second kappa shape index (κ2) is 11.0. The lowest BCUT2D eigenvalue weighted by Crippen LogP contribution is -2.05. The Bertz CT molecular complexity index is 2200. The summed E-state index contributed by atoms with van der Waals surface area (Å²) in [6.07, 6.45) is 0.709. The Balaban J connectivity index is 1.57. The van der Waals surface area contributed by atoms with E-state index >= 15 is 0 Å². The third-order valence-electron chi connectivity index (χ3n) is 7.56. The number of aryl methyl sites for hydroxylation is 2. The number of carboxylic acids is 1. The van der Waals surface area contributed by atoms with E-state index < -0.39 is 16.1 Å². The summed E-state index contributed by atoms with van der Waals surface area (Å²) in [5, 5.41) is 11.3. The SMILES string of the molecule is Cc1ccccc1Cc1ccc2c(-c3ccccc3C(=O)O)c3ccc(=Nc4ccc(S(=O)(=O)[O-])cc4C)cc-3oc2c1. The van der Waals surface area contributed by atoms with Gasteiger partial charge in [0.05, 0.1) is 21.5 Å². The van der Waals surface area contributed by atoms with Crippen LogP contribution in [-0.4, -0.2) is 24.0 Å². The standard InChI is InChI=1S/C35H27NO6S/c1-21-7-3-4-8-24(21)18-23-11-14-29-32(19-23)42-33-20-25(36-31-16-13-26(17-22(31)2)43(39,40)41)12-15-30(33)34(29)27-9-5-6-10-28(27)35(37)38/h3-17,19-20H,18H2,1-2H3,(H,37,38)(H,39,40,41)/p-1. The molecule has 43 heavy (non-hydrogen) atoms. The van der Waals surface area contributed by atoms with Crippen LogP contribution < -0.4 is 5.36 Å². The largest absolute Gasteiger partial charge is 0.744 e. The van der Waals surface area contributed by atoms with Gasteiger partial charge in [-0.25, -0.2) is 18.2 Å². The van der Waals surface area contributed by atoms with Crippen molar-refractivity contribution >= 4 is 32.7 Å². The van der Waals surface area contributed by atoms with E-state index in [-0.39, 0.29) is 10.5 Å². The van der Waals surface area contributed by atoms with Gasteiger partial charge in [-0.15, -0.1) is 0 Å². The van der Waals surface area contributed by atoms with Crippen molar-refractivity contribution in [3.63, 3.8) is 0 Å². The lowest BCUT2D eigenvalue weighted by molar-refractivity contribution is 0.0697. The van der Waals surface area contributed by atoms with Crippen LogP contribution in [0.25, 0.3) is 33.4 Å². The summed E-state index contributed by atoms with van der Waals surface area (Å²) >= 11 is 0. The Morgan fingerprint density at radius 2 is 1.60 bits per heavy atom. The number of hydrogen-bond donors (Lipinski definition) is 1. The fourth-order valence-electron chi connectivity index (χ4n) is 5.36. The van der Waals surface area contributed by atoms with Gasteiger partial charge in [0.2, 0.25) is 0 Å². The topological polar surface area (TPSA) is 120 Å². The molecule has 2 aliphatic rings. The molecule has 8 heteroatoms. The van der Waals surface area contributed by atoms with E-state index in [1.165, 1.54) is 29.3 Å². The number of carboxylic acid groups (broad SMARTS) is 1. The molecule has 6 rings (SSSR count). The van der Waals surface area contributed by atoms with Crippen molar-refractivity contribution in [2.45, 2.75) is 25.2 Å². The van der Waals surface area contributed by atoms with Gasteiger partial charge in [-0.3, -0.25) is 0 Å². The van der Waals surface area contributed by atoms with Crippen molar-refractivity contribution in [3.05, 3.63) is 136 Å². The smallest absolute Gasteiger partial charge is 0.336 e. The molecular weight excluding hydrogens is 562 g/mol. The van der Waals surface area contributed by atoms with Crippen LogP contribution in [0.15, 0.2) is 117 Å². The first-order valence-electron chi connectivity index (χ1n) is 13.6. The number of carbonyl (C=O) groups is 1. The molecule has 1 aliphatic heterocycles. The molecule has 4 aromatic carbocycles. The van der Waals surface area contributed by atoms with Crippen LogP contribution in [0.1, 0.15) is 32.6 Å². The second-order valence-electron chi connectivity index (χ2n) is 10.5. The highest BCUT2D eigenvalue weighted by molar-refractivity contribution is 7.85. The van der Waals surface area contributed by atoms with Crippen LogP contribution in [0.3, 0.4) is 0 Å². The van der Waals surface area contributed by atoms with Crippen LogP contribution >= 0.6 is 0 Å². The van der Waals surface area contributed by atoms with Crippen molar-refractivity contribution in [1.29, 1.82) is 0 Å². The molecular formula is C35H26NO6S-. The van der Waals surface area contributed by atoms with Crippen molar-refractivity contribution in [2.24, 2.45) is 4.99 Å². The molecule has 214 valence electrons. The van der Waals surface area contributed by atoms with Gasteiger partial charge in [0.15, 0.2) is 0 Å². The van der Waals surface area contributed by atoms with E-state index in [1.54, 1.807) is 37.3 Å². The molecule has 0 aromatic heterocycles. The molecule has 1 aliphatic carbocycles. The number of fused-ring (bicyclic) bond motifs is 2. The van der Waals surface area contributed by atoms with Crippen LogP contribution in [0.4, 0.5) is 5.69 Å². The molecule has 0 amide bonds. The quantitative estimate of drug-likeness (QED) is 0.162. The zero-order valence-electron chi connectivity index (χ0n) is 23.4. The number of benzene rings is 5. The average molecular weight is 589 g/mol. The molecule has 0 unspecified atom stereocenters. The molecule has 0 saturated carbocycles. The van der Waals surface area contributed by atoms with Gasteiger partial charge in [0.25, 0.3) is 0 Å². The highest BCUT2D eigenvalue weighted by Gasteiger charge is 2.21. The normalized spacial score (nSPS) is 12.2. The van der Waals surface area contributed by atoms with Crippen molar-refractivity contribution in [2.75, 3.05) is 0 Å². The molecule has 7 nitrogen and oxygen atoms in total. The Hall–Kier alpha value is -5.05. The van der Waals surface area contributed by atoms with Gasteiger partial charge < -0.3 is 14.1 Å². The van der Waals surface area contributed by atoms with E-state index in [0.29, 0.717) is 39.9 Å². The summed E-state index contributed by atoms with van der Waals surface area (Å²) in [6, 6.07) is 30.6. The fourth-order valence-corrected chi connectivity index (χ4v) is 5.91. The Morgan fingerprint density at radius 1 is 0.837 bits per heavy atom. The summed E-state index contributed by atoms with van der Waals surface area (Å²) in [4.78, 5) is 16.6. The van der Waals surface area contributed by atoms with E-state index in [4.69, 9.17) is 4.42 Å². The molecule has 4 aromatic rings. The third kappa shape index (κ3) is 5.58. The second-order valence-corrected chi connectivity index (χ2v) is 11.8. The molecule has 0 spiro atoms. The van der Waals surface area contributed by atoms with Crippen molar-refractivity contribution in [3.8, 4) is 22.5 Å². The zero-order valence-corrected chi connectivity index (χ0v) is 24.2. The van der Waals surface area contributed by atoms with E-state index in [0.717, 1.165) is 22.1 Å². The van der Waals surface area contributed by atoms with Crippen molar-refractivity contribution in [1.82, 2.24) is 0 Å². The maximum absolute atomic E-state index is 12.2. The molecule has 1 N–H and O–H groups in total. The van der Waals surface area contributed by atoms with Gasteiger partial charge in [-0.05, 0) is 90.6 Å². The summed E-state index contributed by atoms with van der Waals surface area (Å²) in [6.45, 7) is 3.76. The first-order valence-corrected chi connectivity index (χ1v) is 15.0. The minimum Gasteiger partial charge on any atom is -0.744 e. The monoisotopic (exact) mass is 588 g/mol. The molecule has 0 radical (unpaired) electrons. The lowest BCUT2D eigenvalue weighted by Gasteiger charge is -2.17. The minimum atomic E-state index is -4.58. The van der Waals surface area contributed by atoms with Crippen LogP contribution in [0, 0.1) is 13.8 Å². The van der Waals surface area contributed by atoms with Gasteiger partial charge in [0, 0.05) is 22.6 Å². The molecule has 0 bridgehead atoms. The molecule has 0 saturated heterocycles. The van der Waals surface area contributed by atoms with E-state index in [2.05, 4.69) is 24.0 Å².